The van der Waals surface area contributed by atoms with Crippen LogP contribution in [0.3, 0.4) is 0 Å². The Morgan fingerprint density at radius 1 is 1.26 bits per heavy atom. The van der Waals surface area contributed by atoms with E-state index in [1.807, 2.05) is 64.1 Å². The van der Waals surface area contributed by atoms with Gasteiger partial charge < -0.3 is 14.2 Å². The number of hydrogen-bond donors (Lipinski definition) is 0. The first-order chi connectivity index (χ1) is 14.1. The molecular formula is C22H28INO7. The van der Waals surface area contributed by atoms with Crippen molar-refractivity contribution >= 4 is 40.2 Å². The quantitative estimate of drug-likeness (QED) is 0.223. The van der Waals surface area contributed by atoms with Gasteiger partial charge in [0.2, 0.25) is 5.60 Å². The van der Waals surface area contributed by atoms with Crippen molar-refractivity contribution in [2.24, 2.45) is 16.2 Å². The van der Waals surface area contributed by atoms with Crippen molar-refractivity contribution in [3.63, 3.8) is 0 Å². The lowest BCUT2D eigenvalue weighted by Gasteiger charge is -2.38. The van der Waals surface area contributed by atoms with Crippen LogP contribution < -0.4 is 4.74 Å². The van der Waals surface area contributed by atoms with Gasteiger partial charge in [-0.2, -0.15) is 0 Å². The van der Waals surface area contributed by atoms with Crippen LogP contribution in [0.15, 0.2) is 12.1 Å². The number of rotatable bonds is 5. The number of fused-ring (bicyclic) bond motifs is 2. The maximum absolute atomic E-state index is 13.6. The summed E-state index contributed by atoms with van der Waals surface area (Å²) in [4.78, 5) is 37.4. The number of hydrogen-bond acceptors (Lipinski definition) is 7. The molecule has 0 radical (unpaired) electrons. The van der Waals surface area contributed by atoms with E-state index in [-0.39, 0.29) is 11.3 Å². The van der Waals surface area contributed by atoms with Crippen molar-refractivity contribution < 1.29 is 28.7 Å². The van der Waals surface area contributed by atoms with Crippen molar-refractivity contribution in [2.45, 2.75) is 66.1 Å². The van der Waals surface area contributed by atoms with Crippen LogP contribution in [0.2, 0.25) is 0 Å². The molecular weight excluding hydrogens is 517 g/mol. The Morgan fingerprint density at radius 3 is 2.29 bits per heavy atom. The van der Waals surface area contributed by atoms with Gasteiger partial charge in [0.05, 0.1) is 26.6 Å². The molecule has 0 N–H and O–H groups in total. The number of esters is 2. The Labute approximate surface area is 195 Å². The molecule has 1 saturated carbocycles. The molecule has 170 valence electrons. The van der Waals surface area contributed by atoms with Crippen molar-refractivity contribution in [3.05, 3.63) is 31.4 Å². The summed E-state index contributed by atoms with van der Waals surface area (Å²) in [5.41, 5.74) is -3.56. The van der Waals surface area contributed by atoms with Gasteiger partial charge in [0.25, 0.3) is 5.69 Å². The molecule has 1 saturated heterocycles. The lowest BCUT2D eigenvalue weighted by Crippen LogP contribution is -2.49. The molecule has 1 aliphatic carbocycles. The van der Waals surface area contributed by atoms with Gasteiger partial charge in [-0.1, -0.05) is 34.6 Å². The number of halogens is 1. The second-order valence-corrected chi connectivity index (χ2v) is 11.3. The van der Waals surface area contributed by atoms with Gasteiger partial charge in [-0.15, -0.1) is 0 Å². The summed E-state index contributed by atoms with van der Waals surface area (Å²) in [6.45, 7) is 11.0. The number of carbonyl (C=O) groups is 2. The summed E-state index contributed by atoms with van der Waals surface area (Å²) in [7, 11) is 1.48. The summed E-state index contributed by atoms with van der Waals surface area (Å²) < 4.78 is 17.6. The van der Waals surface area contributed by atoms with Crippen LogP contribution in [0.5, 0.6) is 5.75 Å². The third-order valence-corrected chi connectivity index (χ3v) is 8.05. The minimum absolute atomic E-state index is 0.158. The number of carbonyl (C=O) groups excluding carboxylic acids is 2. The molecule has 8 nitrogen and oxygen atoms in total. The van der Waals surface area contributed by atoms with Crippen LogP contribution in [0.4, 0.5) is 5.69 Å². The highest BCUT2D eigenvalue weighted by Crippen LogP contribution is 2.66. The van der Waals surface area contributed by atoms with Gasteiger partial charge in [-0.3, -0.25) is 14.9 Å². The van der Waals surface area contributed by atoms with Crippen LogP contribution in [0, 0.1) is 29.9 Å². The third kappa shape index (κ3) is 3.30. The number of benzene rings is 1. The van der Waals surface area contributed by atoms with Crippen molar-refractivity contribution in [3.8, 4) is 5.75 Å². The molecule has 3 rings (SSSR count). The molecule has 0 aromatic heterocycles. The van der Waals surface area contributed by atoms with E-state index in [2.05, 4.69) is 0 Å². The zero-order valence-corrected chi connectivity index (χ0v) is 21.0. The van der Waals surface area contributed by atoms with Crippen LogP contribution >= 0.6 is 22.6 Å². The molecule has 0 amide bonds. The SMILES string of the molecule is COc1cc(C(OC(=O)[C@@]23CC[C@@](C)(C(=O)O2)C3(C)C)C(C)(C)C)c([N+](=O)[O-])cc1I. The predicted octanol–water partition coefficient (Wildman–Crippen LogP) is 4.96. The molecule has 31 heavy (non-hydrogen) atoms. The van der Waals surface area contributed by atoms with Crippen molar-refractivity contribution in [2.75, 3.05) is 7.11 Å². The second-order valence-electron chi connectivity index (χ2n) is 10.1. The fourth-order valence-electron chi connectivity index (χ4n) is 4.69. The third-order valence-electron chi connectivity index (χ3n) is 7.21. The minimum Gasteiger partial charge on any atom is -0.496 e. The highest BCUT2D eigenvalue weighted by Gasteiger charge is 2.76. The maximum Gasteiger partial charge on any atom is 0.351 e. The van der Waals surface area contributed by atoms with Crippen molar-refractivity contribution in [1.29, 1.82) is 0 Å². The number of methoxy groups -OCH3 is 1. The van der Waals surface area contributed by atoms with E-state index in [1.165, 1.54) is 13.2 Å². The van der Waals surface area contributed by atoms with Gasteiger partial charge in [0.1, 0.15) is 11.9 Å². The Bertz CT molecular complexity index is 967. The first-order valence-corrected chi connectivity index (χ1v) is 11.2. The summed E-state index contributed by atoms with van der Waals surface area (Å²) in [5.74, 6) is -0.625. The number of nitrogens with zero attached hydrogens (tertiary/aromatic N) is 1. The highest BCUT2D eigenvalue weighted by molar-refractivity contribution is 14.1. The van der Waals surface area contributed by atoms with Crippen molar-refractivity contribution in [1.82, 2.24) is 0 Å². The molecule has 1 aliphatic heterocycles. The second kappa shape index (κ2) is 7.31. The van der Waals surface area contributed by atoms with E-state index >= 15 is 0 Å². The molecule has 1 aromatic rings. The summed E-state index contributed by atoms with van der Waals surface area (Å²) in [6, 6.07) is 2.96. The van der Waals surface area contributed by atoms with Gasteiger partial charge in [-0.25, -0.2) is 4.79 Å². The fraction of sp³-hybridized carbons (Fsp3) is 0.636. The van der Waals surface area contributed by atoms with Gasteiger partial charge in [-0.05, 0) is 48.4 Å². The smallest absolute Gasteiger partial charge is 0.351 e. The van der Waals surface area contributed by atoms with E-state index in [4.69, 9.17) is 14.2 Å². The maximum atomic E-state index is 13.6. The standard InChI is InChI=1S/C22H28INO7/c1-19(2,3)16(12-10-15(29-7)13(23)11-14(12)24(27)28)30-18(26)22-9-8-21(6,17(25)31-22)20(22,4)5/h10-11,16H,8-9H2,1-7H3/t16?,21-,22+/m0/s1. The van der Waals surface area contributed by atoms with Gasteiger partial charge in [0.15, 0.2) is 0 Å². The molecule has 2 aliphatic rings. The molecule has 0 spiro atoms. The lowest BCUT2D eigenvalue weighted by atomic mass is 9.66. The highest BCUT2D eigenvalue weighted by atomic mass is 127. The Hall–Kier alpha value is -1.91. The summed E-state index contributed by atoms with van der Waals surface area (Å²) in [6.07, 6.45) is -0.0792. The number of nitro groups is 1. The summed E-state index contributed by atoms with van der Waals surface area (Å²) in [5, 5.41) is 11.8. The Kier molecular flexibility index (Phi) is 5.60. The molecule has 2 fully saturated rings. The summed E-state index contributed by atoms with van der Waals surface area (Å²) >= 11 is 1.96. The van der Waals surface area contributed by atoms with E-state index in [0.717, 1.165) is 0 Å². The first-order valence-electron chi connectivity index (χ1n) is 10.1. The molecule has 1 aromatic carbocycles. The average molecular weight is 545 g/mol. The first kappa shape index (κ1) is 23.7. The molecule has 2 bridgehead atoms. The van der Waals surface area contributed by atoms with Gasteiger partial charge in [0, 0.05) is 16.9 Å². The molecule has 3 atom stereocenters. The van der Waals surface area contributed by atoms with Crippen LogP contribution in [0.25, 0.3) is 0 Å². The normalized spacial score (nSPS) is 27.5. The Morgan fingerprint density at radius 2 is 1.87 bits per heavy atom. The van der Waals surface area contributed by atoms with E-state index < -0.39 is 44.8 Å². The molecule has 1 unspecified atom stereocenters. The largest absolute Gasteiger partial charge is 0.496 e. The fourth-order valence-corrected chi connectivity index (χ4v) is 5.37. The van der Waals surface area contributed by atoms with Crippen LogP contribution in [0.1, 0.15) is 66.1 Å². The van der Waals surface area contributed by atoms with Gasteiger partial charge >= 0.3 is 11.9 Å². The number of ether oxygens (including phenoxy) is 3. The van der Waals surface area contributed by atoms with E-state index in [0.29, 0.717) is 22.2 Å². The average Bonchev–Trinajstić information content (AvgIpc) is 2.95. The minimum atomic E-state index is -1.41. The zero-order valence-electron chi connectivity index (χ0n) is 18.8. The monoisotopic (exact) mass is 545 g/mol. The van der Waals surface area contributed by atoms with E-state index in [1.54, 1.807) is 6.07 Å². The van der Waals surface area contributed by atoms with Crippen LogP contribution in [-0.2, 0) is 19.1 Å². The van der Waals surface area contributed by atoms with E-state index in [9.17, 15) is 19.7 Å². The molecule has 9 heteroatoms. The zero-order chi connectivity index (χ0) is 23.6. The Balaban J connectivity index is 2.09. The predicted molar refractivity (Wildman–Crippen MR) is 121 cm³/mol. The topological polar surface area (TPSA) is 105 Å². The lowest BCUT2D eigenvalue weighted by molar-refractivity contribution is -0.386. The van der Waals surface area contributed by atoms with Crippen LogP contribution in [-0.4, -0.2) is 29.6 Å². The number of nitro benzene ring substituents is 1. The molecule has 1 heterocycles.